The van der Waals surface area contributed by atoms with Crippen molar-refractivity contribution in [1.29, 1.82) is 5.26 Å². The molecule has 0 aliphatic carbocycles. The van der Waals surface area contributed by atoms with Crippen molar-refractivity contribution in [2.45, 2.75) is 71.3 Å². The summed E-state index contributed by atoms with van der Waals surface area (Å²) in [6.45, 7) is 12.3. The molecule has 0 saturated carbocycles. The largest absolute Gasteiger partial charge is 0.473 e. The van der Waals surface area contributed by atoms with Gasteiger partial charge in [-0.05, 0) is 69.7 Å². The van der Waals surface area contributed by atoms with Crippen molar-refractivity contribution in [3.8, 4) is 23.2 Å². The van der Waals surface area contributed by atoms with E-state index >= 15 is 0 Å². The number of ether oxygens (including phenoxy) is 3. The van der Waals surface area contributed by atoms with Crippen molar-refractivity contribution in [3.63, 3.8) is 0 Å². The van der Waals surface area contributed by atoms with E-state index in [1.165, 1.54) is 24.4 Å². The molecule has 0 spiro atoms. The first kappa shape index (κ1) is 40.8. The van der Waals surface area contributed by atoms with Crippen LogP contribution in [0.2, 0.25) is 0 Å². The lowest BCUT2D eigenvalue weighted by molar-refractivity contribution is 0.0583. The zero-order valence-corrected chi connectivity index (χ0v) is 32.1. The Hall–Kier alpha value is -3.65. The van der Waals surface area contributed by atoms with Gasteiger partial charge < -0.3 is 23.7 Å². The van der Waals surface area contributed by atoms with E-state index in [2.05, 4.69) is 66.0 Å². The standard InChI is InChI=1S/C26H29F2N7O4.C8H20OS2/c1-26(2,3)39-25(36)35-8-6-16-11-17(12-18(13-29)22(16)35)19-5-7-30-24(31-19)32-20-14-34(15-21(27)28)33-23(20)38-10-9-37-4;1-8(2,3)11(5,6)9-7-10-4/h5,7,11-12,14,21H,6,8-10,15H2,1-4H3,(H,30,31,32);7H2,1-6H3. The average molecular weight is 738 g/mol. The highest BCUT2D eigenvalue weighted by Gasteiger charge is 2.32. The Morgan fingerprint density at radius 3 is 2.50 bits per heavy atom. The molecule has 0 fully saturated rings. The second-order valence-electron chi connectivity index (χ2n) is 13.6. The van der Waals surface area contributed by atoms with Crippen LogP contribution in [-0.4, -0.2) is 94.2 Å². The number of methoxy groups -OCH3 is 1. The fourth-order valence-corrected chi connectivity index (χ4v) is 6.08. The second-order valence-corrected chi connectivity index (χ2v) is 18.3. The molecule has 0 atom stereocenters. The van der Waals surface area contributed by atoms with Gasteiger partial charge >= 0.3 is 6.09 Å². The molecular weight excluding hydrogens is 689 g/mol. The van der Waals surface area contributed by atoms with Crippen LogP contribution in [0.1, 0.15) is 52.7 Å². The summed E-state index contributed by atoms with van der Waals surface area (Å²) in [6.07, 6.45) is 6.90. The first-order chi connectivity index (χ1) is 23.4. The molecule has 0 saturated heterocycles. The lowest BCUT2D eigenvalue weighted by Gasteiger charge is -2.43. The number of fused-ring (bicyclic) bond motifs is 1. The van der Waals surface area contributed by atoms with Crippen LogP contribution >= 0.6 is 22.1 Å². The van der Waals surface area contributed by atoms with E-state index in [9.17, 15) is 18.8 Å². The molecule has 1 amide bonds. The van der Waals surface area contributed by atoms with Crippen LogP contribution in [0.15, 0.2) is 30.6 Å². The van der Waals surface area contributed by atoms with Gasteiger partial charge in [-0.15, -0.1) is 27.2 Å². The molecule has 0 unspecified atom stereocenters. The molecule has 12 nitrogen and oxygen atoms in total. The van der Waals surface area contributed by atoms with Crippen LogP contribution in [0.3, 0.4) is 0 Å². The highest BCUT2D eigenvalue weighted by Crippen LogP contribution is 2.54. The topological polar surface area (TPSA) is 137 Å². The summed E-state index contributed by atoms with van der Waals surface area (Å²) in [5, 5.41) is 16.9. The number of carbonyl (C=O) groups excluding carboxylic acids is 1. The van der Waals surface area contributed by atoms with E-state index < -0.39 is 35.0 Å². The van der Waals surface area contributed by atoms with Crippen LogP contribution in [0.4, 0.5) is 30.9 Å². The van der Waals surface area contributed by atoms with Crippen LogP contribution in [-0.2, 0) is 26.6 Å². The number of aromatic nitrogens is 4. The molecular formula is C34H49F2N7O5S2. The maximum absolute atomic E-state index is 12.9. The number of nitrogens with zero attached hydrogens (tertiary/aromatic N) is 6. The minimum absolute atomic E-state index is 0.105. The predicted molar refractivity (Wildman–Crippen MR) is 197 cm³/mol. The first-order valence-corrected chi connectivity index (χ1v) is 19.7. The summed E-state index contributed by atoms with van der Waals surface area (Å²) in [5.74, 6) is 1.10. The molecule has 50 heavy (non-hydrogen) atoms. The fourth-order valence-electron chi connectivity index (χ4n) is 4.38. The van der Waals surface area contributed by atoms with Crippen molar-refractivity contribution >= 4 is 45.5 Å². The van der Waals surface area contributed by atoms with Crippen LogP contribution in [0.5, 0.6) is 5.88 Å². The summed E-state index contributed by atoms with van der Waals surface area (Å²) >= 11 is 1.74. The highest BCUT2D eigenvalue weighted by atomic mass is 32.3. The van der Waals surface area contributed by atoms with Gasteiger partial charge in [-0.25, -0.2) is 23.5 Å². The van der Waals surface area contributed by atoms with Gasteiger partial charge in [0, 0.05) is 30.2 Å². The molecule has 2 aromatic heterocycles. The summed E-state index contributed by atoms with van der Waals surface area (Å²) in [7, 11) is 0.636. The Kier molecular flexibility index (Phi) is 14.3. The van der Waals surface area contributed by atoms with E-state index in [0.717, 1.165) is 16.2 Å². The number of nitrogens with one attached hydrogen (secondary N) is 1. The minimum atomic E-state index is -2.59. The quantitative estimate of drug-likeness (QED) is 0.145. The van der Waals surface area contributed by atoms with Crippen molar-refractivity contribution in [2.24, 2.45) is 0 Å². The summed E-state index contributed by atoms with van der Waals surface area (Å²) < 4.78 is 49.0. The van der Waals surface area contributed by atoms with E-state index in [1.807, 2.05) is 6.07 Å². The van der Waals surface area contributed by atoms with Gasteiger partial charge in [0.05, 0.1) is 29.7 Å². The highest BCUT2D eigenvalue weighted by molar-refractivity contribution is 8.30. The van der Waals surface area contributed by atoms with Gasteiger partial charge in [0.25, 0.3) is 12.3 Å². The van der Waals surface area contributed by atoms with Gasteiger partial charge in [-0.1, -0.05) is 20.8 Å². The van der Waals surface area contributed by atoms with Crippen molar-refractivity contribution in [2.75, 3.05) is 61.8 Å². The van der Waals surface area contributed by atoms with E-state index in [0.29, 0.717) is 45.9 Å². The lowest BCUT2D eigenvalue weighted by atomic mass is 10.0. The number of alkyl halides is 2. The van der Waals surface area contributed by atoms with Gasteiger partial charge in [0.1, 0.15) is 36.4 Å². The number of thioether (sulfide) groups is 1. The first-order valence-electron chi connectivity index (χ1n) is 15.9. The molecule has 1 aliphatic rings. The van der Waals surface area contributed by atoms with E-state index in [-0.39, 0.29) is 25.0 Å². The van der Waals surface area contributed by atoms with Gasteiger partial charge in [-0.3, -0.25) is 9.58 Å². The molecule has 0 bridgehead atoms. The van der Waals surface area contributed by atoms with Crippen LogP contribution < -0.4 is 15.0 Å². The summed E-state index contributed by atoms with van der Waals surface area (Å²) in [4.78, 5) is 23.0. The summed E-state index contributed by atoms with van der Waals surface area (Å²) in [5.41, 5.74) is 2.50. The molecule has 0 radical (unpaired) electrons. The van der Waals surface area contributed by atoms with E-state index in [4.69, 9.17) is 18.4 Å². The zero-order chi connectivity index (χ0) is 37.3. The van der Waals surface area contributed by atoms with Crippen LogP contribution in [0, 0.1) is 11.3 Å². The van der Waals surface area contributed by atoms with Gasteiger partial charge in [0.2, 0.25) is 5.95 Å². The monoisotopic (exact) mass is 737 g/mol. The SMILES string of the molecule is COCCOc1nn(CC(F)F)cc1Nc1nccc(-c2cc(C#N)c3c(c2)CCN3C(=O)OC(C)(C)C)n1.CSCOS(C)(C)C(C)(C)C. The van der Waals surface area contributed by atoms with Crippen molar-refractivity contribution < 1.29 is 32.0 Å². The number of benzene rings is 1. The minimum Gasteiger partial charge on any atom is -0.473 e. The zero-order valence-electron chi connectivity index (χ0n) is 30.5. The Labute approximate surface area is 299 Å². The molecule has 1 aliphatic heterocycles. The van der Waals surface area contributed by atoms with Crippen molar-refractivity contribution in [1.82, 2.24) is 19.7 Å². The van der Waals surface area contributed by atoms with Gasteiger partial charge in [0.15, 0.2) is 0 Å². The Bertz CT molecular complexity index is 1640. The second kappa shape index (κ2) is 17.5. The number of amides is 1. The smallest absolute Gasteiger partial charge is 0.414 e. The molecule has 1 aromatic carbocycles. The molecule has 16 heteroatoms. The summed E-state index contributed by atoms with van der Waals surface area (Å²) in [6, 6.07) is 7.41. The number of rotatable bonds is 12. The Balaban J connectivity index is 0.000000530. The Morgan fingerprint density at radius 2 is 1.90 bits per heavy atom. The maximum atomic E-state index is 12.9. The number of halogens is 2. The average Bonchev–Trinajstić information content (AvgIpc) is 3.62. The maximum Gasteiger partial charge on any atom is 0.414 e. The molecule has 4 rings (SSSR count). The van der Waals surface area contributed by atoms with Crippen LogP contribution in [0.25, 0.3) is 11.3 Å². The normalized spacial score (nSPS) is 13.3. The molecule has 276 valence electrons. The number of anilines is 3. The third-order valence-electron chi connectivity index (χ3n) is 7.51. The lowest BCUT2D eigenvalue weighted by Crippen LogP contribution is -2.36. The fraction of sp³-hybridized carbons (Fsp3) is 0.559. The van der Waals surface area contributed by atoms with Gasteiger partial charge in [-0.2, -0.15) is 5.26 Å². The third-order valence-corrected chi connectivity index (χ3v) is 11.7. The molecule has 3 heterocycles. The Morgan fingerprint density at radius 1 is 1.18 bits per heavy atom. The van der Waals surface area contributed by atoms with Crippen molar-refractivity contribution in [3.05, 3.63) is 41.7 Å². The third kappa shape index (κ3) is 11.4. The van der Waals surface area contributed by atoms with E-state index in [1.54, 1.807) is 44.7 Å². The number of hydrogen-bond acceptors (Lipinski definition) is 11. The molecule has 1 N–H and O–H groups in total. The number of hydrogen-bond donors (Lipinski definition) is 1. The molecule has 3 aromatic rings. The predicted octanol–water partition coefficient (Wildman–Crippen LogP) is 7.64. The number of carbonyl (C=O) groups is 1. The number of nitriles is 1.